The predicted octanol–water partition coefficient (Wildman–Crippen LogP) is 2.34. The summed E-state index contributed by atoms with van der Waals surface area (Å²) in [5.41, 5.74) is 3.02. The van der Waals surface area contributed by atoms with Crippen molar-refractivity contribution in [1.82, 2.24) is 25.1 Å². The lowest BCUT2D eigenvalue weighted by atomic mass is 10.0. The molecule has 0 saturated carbocycles. The SMILES string of the molecule is CN1CCCC1COc1nc2c(c(N3CCN(C(=O)OCc4ccccc4)C(CC#N)C3)n1)CCNC2. The zero-order valence-corrected chi connectivity index (χ0v) is 21.4. The Balaban J connectivity index is 1.30. The Morgan fingerprint density at radius 1 is 1.19 bits per heavy atom. The highest BCUT2D eigenvalue weighted by atomic mass is 16.6. The second-order valence-corrected chi connectivity index (χ2v) is 9.97. The summed E-state index contributed by atoms with van der Waals surface area (Å²) in [6.07, 6.45) is 2.97. The number of nitrogens with zero attached hydrogens (tertiary/aromatic N) is 6. The summed E-state index contributed by atoms with van der Waals surface area (Å²) < 4.78 is 11.7. The molecule has 3 aliphatic heterocycles. The highest BCUT2D eigenvalue weighted by molar-refractivity contribution is 5.69. The first-order valence-electron chi connectivity index (χ1n) is 13.1. The van der Waals surface area contributed by atoms with Crippen LogP contribution in [-0.2, 0) is 24.3 Å². The van der Waals surface area contributed by atoms with Gasteiger partial charge in [-0.3, -0.25) is 0 Å². The zero-order chi connectivity index (χ0) is 25.6. The average molecular weight is 506 g/mol. The van der Waals surface area contributed by atoms with Crippen LogP contribution in [0.2, 0.25) is 0 Å². The summed E-state index contributed by atoms with van der Waals surface area (Å²) in [7, 11) is 2.13. The molecule has 0 radical (unpaired) electrons. The van der Waals surface area contributed by atoms with Crippen LogP contribution in [0, 0.1) is 11.3 Å². The summed E-state index contributed by atoms with van der Waals surface area (Å²) in [5, 5.41) is 12.9. The maximum atomic E-state index is 12.9. The third-order valence-electron chi connectivity index (χ3n) is 7.52. The van der Waals surface area contributed by atoms with Gasteiger partial charge in [0.1, 0.15) is 19.0 Å². The van der Waals surface area contributed by atoms with Crippen LogP contribution in [0.15, 0.2) is 30.3 Å². The Hall–Kier alpha value is -3.42. The number of fused-ring (bicyclic) bond motifs is 1. The van der Waals surface area contributed by atoms with E-state index in [4.69, 9.17) is 19.4 Å². The fourth-order valence-electron chi connectivity index (χ4n) is 5.37. The molecule has 1 amide bonds. The number of aromatic nitrogens is 2. The maximum Gasteiger partial charge on any atom is 0.410 e. The van der Waals surface area contributed by atoms with Crippen LogP contribution >= 0.6 is 0 Å². The molecular weight excluding hydrogens is 470 g/mol. The van der Waals surface area contributed by atoms with E-state index in [0.717, 1.165) is 48.6 Å². The lowest BCUT2D eigenvalue weighted by Crippen LogP contribution is -2.55. The lowest BCUT2D eigenvalue weighted by molar-refractivity contribution is 0.0767. The molecule has 5 rings (SSSR count). The summed E-state index contributed by atoms with van der Waals surface area (Å²) in [6, 6.07) is 12.4. The molecule has 1 aromatic heterocycles. The van der Waals surface area contributed by atoms with E-state index in [-0.39, 0.29) is 25.2 Å². The highest BCUT2D eigenvalue weighted by Gasteiger charge is 2.34. The molecule has 10 nitrogen and oxygen atoms in total. The number of carbonyl (C=O) groups excluding carboxylic acids is 1. The molecule has 2 atom stereocenters. The molecule has 2 aromatic rings. The van der Waals surface area contributed by atoms with Gasteiger partial charge in [0.15, 0.2) is 0 Å². The van der Waals surface area contributed by atoms with E-state index in [0.29, 0.717) is 44.8 Å². The van der Waals surface area contributed by atoms with E-state index in [1.165, 1.54) is 6.42 Å². The minimum atomic E-state index is -0.387. The fraction of sp³-hybridized carbons (Fsp3) is 0.556. The van der Waals surface area contributed by atoms with Crippen molar-refractivity contribution in [3.05, 3.63) is 47.2 Å². The number of hydrogen-bond acceptors (Lipinski definition) is 9. The molecular formula is C27H35N7O3. The van der Waals surface area contributed by atoms with Crippen LogP contribution in [0.4, 0.5) is 10.6 Å². The molecule has 1 N–H and O–H groups in total. The maximum absolute atomic E-state index is 12.9. The normalized spacial score (nSPS) is 21.8. The summed E-state index contributed by atoms with van der Waals surface area (Å²) in [5.74, 6) is 0.863. The fourth-order valence-corrected chi connectivity index (χ4v) is 5.37. The predicted molar refractivity (Wildman–Crippen MR) is 138 cm³/mol. The number of ether oxygens (including phenoxy) is 2. The van der Waals surface area contributed by atoms with Crippen LogP contribution in [0.5, 0.6) is 6.01 Å². The van der Waals surface area contributed by atoms with Gasteiger partial charge in [-0.2, -0.15) is 15.2 Å². The smallest absolute Gasteiger partial charge is 0.410 e. The first-order valence-corrected chi connectivity index (χ1v) is 13.1. The van der Waals surface area contributed by atoms with Crippen LogP contribution < -0.4 is 15.0 Å². The van der Waals surface area contributed by atoms with Crippen molar-refractivity contribution in [2.24, 2.45) is 0 Å². The van der Waals surface area contributed by atoms with Gasteiger partial charge in [-0.25, -0.2) is 4.79 Å². The molecule has 10 heteroatoms. The van der Waals surface area contributed by atoms with Gasteiger partial charge in [0.25, 0.3) is 0 Å². The third-order valence-corrected chi connectivity index (χ3v) is 7.52. The molecule has 0 spiro atoms. The lowest BCUT2D eigenvalue weighted by Gasteiger charge is -2.41. The van der Waals surface area contributed by atoms with Gasteiger partial charge in [0.05, 0.1) is 24.2 Å². The number of anilines is 1. The third kappa shape index (κ3) is 5.95. The number of piperazine rings is 1. The van der Waals surface area contributed by atoms with Crippen molar-refractivity contribution in [3.63, 3.8) is 0 Å². The van der Waals surface area contributed by atoms with E-state index in [9.17, 15) is 10.1 Å². The van der Waals surface area contributed by atoms with Crippen LogP contribution in [0.1, 0.15) is 36.1 Å². The largest absolute Gasteiger partial charge is 0.462 e. The van der Waals surface area contributed by atoms with E-state index in [1.807, 2.05) is 30.3 Å². The topological polar surface area (TPSA) is 107 Å². The van der Waals surface area contributed by atoms with Gasteiger partial charge in [-0.15, -0.1) is 0 Å². The van der Waals surface area contributed by atoms with Crippen molar-refractivity contribution < 1.29 is 14.3 Å². The Bertz CT molecular complexity index is 1120. The summed E-state index contributed by atoms with van der Waals surface area (Å²) in [4.78, 5) is 28.7. The first kappa shape index (κ1) is 25.2. The number of benzene rings is 1. The van der Waals surface area contributed by atoms with Gasteiger partial charge in [-0.1, -0.05) is 30.3 Å². The van der Waals surface area contributed by atoms with Crippen LogP contribution in [-0.4, -0.2) is 84.3 Å². The monoisotopic (exact) mass is 505 g/mol. The van der Waals surface area contributed by atoms with Gasteiger partial charge in [0.2, 0.25) is 0 Å². The molecule has 3 aliphatic rings. The Labute approximate surface area is 218 Å². The molecule has 2 saturated heterocycles. The van der Waals surface area contributed by atoms with E-state index < -0.39 is 0 Å². The number of likely N-dealkylation sites (N-methyl/N-ethyl adjacent to an activating group) is 1. The molecule has 0 bridgehead atoms. The second-order valence-electron chi connectivity index (χ2n) is 9.97. The number of likely N-dealkylation sites (tertiary alicyclic amines) is 1. The molecule has 196 valence electrons. The minimum absolute atomic E-state index is 0.211. The Morgan fingerprint density at radius 2 is 2.05 bits per heavy atom. The molecule has 2 unspecified atom stereocenters. The van der Waals surface area contributed by atoms with Gasteiger partial charge in [0, 0.05) is 37.8 Å². The molecule has 4 heterocycles. The van der Waals surface area contributed by atoms with Gasteiger partial charge in [-0.05, 0) is 45.0 Å². The van der Waals surface area contributed by atoms with Crippen molar-refractivity contribution in [3.8, 4) is 12.1 Å². The number of nitriles is 1. The Morgan fingerprint density at radius 3 is 2.84 bits per heavy atom. The van der Waals surface area contributed by atoms with Gasteiger partial charge >= 0.3 is 12.1 Å². The molecule has 37 heavy (non-hydrogen) atoms. The number of hydrogen-bond donors (Lipinski definition) is 1. The molecule has 2 fully saturated rings. The van der Waals surface area contributed by atoms with Crippen molar-refractivity contribution >= 4 is 11.9 Å². The van der Waals surface area contributed by atoms with Gasteiger partial charge < -0.3 is 29.5 Å². The Kier molecular flexibility index (Phi) is 8.02. The van der Waals surface area contributed by atoms with Crippen molar-refractivity contribution in [1.29, 1.82) is 5.26 Å². The van der Waals surface area contributed by atoms with Crippen LogP contribution in [0.25, 0.3) is 0 Å². The van der Waals surface area contributed by atoms with Crippen molar-refractivity contribution in [2.45, 2.75) is 50.9 Å². The number of nitrogens with one attached hydrogen (secondary N) is 1. The number of rotatable bonds is 7. The minimum Gasteiger partial charge on any atom is -0.462 e. The standard InChI is InChI=1S/C27H35N7O3/c1-32-13-5-8-22(32)19-36-26-30-24-16-29-12-10-23(24)25(31-26)33-14-15-34(21(17-33)9-11-28)27(35)37-18-20-6-3-2-4-7-20/h2-4,6-7,21-22,29H,5,8-10,12-19H2,1H3. The van der Waals surface area contributed by atoms with E-state index in [1.54, 1.807) is 4.90 Å². The van der Waals surface area contributed by atoms with E-state index in [2.05, 4.69) is 28.2 Å². The zero-order valence-electron chi connectivity index (χ0n) is 21.4. The van der Waals surface area contributed by atoms with E-state index >= 15 is 0 Å². The second kappa shape index (κ2) is 11.8. The summed E-state index contributed by atoms with van der Waals surface area (Å²) >= 11 is 0. The summed E-state index contributed by atoms with van der Waals surface area (Å²) in [6.45, 7) is 4.98. The number of carbonyl (C=O) groups is 1. The number of amides is 1. The molecule has 0 aliphatic carbocycles. The van der Waals surface area contributed by atoms with Crippen molar-refractivity contribution in [2.75, 3.05) is 51.3 Å². The quantitative estimate of drug-likeness (QED) is 0.607. The molecule has 1 aromatic carbocycles. The van der Waals surface area contributed by atoms with Crippen LogP contribution in [0.3, 0.4) is 0 Å². The first-order chi connectivity index (χ1) is 18.1. The highest BCUT2D eigenvalue weighted by Crippen LogP contribution is 2.29. The average Bonchev–Trinajstić information content (AvgIpc) is 3.35.